The highest BCUT2D eigenvalue weighted by Crippen LogP contribution is 2.16. The second kappa shape index (κ2) is 57.2. The van der Waals surface area contributed by atoms with Crippen molar-refractivity contribution in [1.82, 2.24) is 0 Å². The second-order valence-corrected chi connectivity index (χ2v) is 19.2. The standard InChI is InChI=1S/C63H108O6/c1-4-7-10-13-16-19-22-25-27-29-31-33-35-38-41-44-47-50-53-56-62(65)68-59-60(58-67-61(64)55-52-49-46-43-40-37-24-21-18-15-12-9-6-3)69-63(66)57-54-51-48-45-42-39-36-34-32-30-28-26-23-20-17-14-11-8-5-2/h7,10,16,19,25,27,31,33,37-38,40-41,47,50,60H,4-6,8-9,11-15,17-18,20-24,26,28-30,32,34-36,39,42-46,48-49,51-59H2,1-3H3/b10-7-,19-16-,27-25-,33-31-,40-37-,41-38-,50-47-. The first-order valence-corrected chi connectivity index (χ1v) is 29.1. The van der Waals surface area contributed by atoms with Crippen molar-refractivity contribution in [2.24, 2.45) is 0 Å². The fraction of sp³-hybridized carbons (Fsp3) is 0.730. The molecular weight excluding hydrogens is 853 g/mol. The lowest BCUT2D eigenvalue weighted by atomic mass is 10.0. The van der Waals surface area contributed by atoms with E-state index >= 15 is 0 Å². The number of ether oxygens (including phenoxy) is 3. The molecule has 0 fully saturated rings. The van der Waals surface area contributed by atoms with Crippen LogP contribution in [0.2, 0.25) is 0 Å². The molecule has 6 nitrogen and oxygen atoms in total. The van der Waals surface area contributed by atoms with Gasteiger partial charge in [0.2, 0.25) is 0 Å². The van der Waals surface area contributed by atoms with Crippen molar-refractivity contribution in [3.63, 3.8) is 0 Å². The molecule has 0 radical (unpaired) electrons. The lowest BCUT2D eigenvalue weighted by Gasteiger charge is -2.18. The van der Waals surface area contributed by atoms with E-state index in [2.05, 4.69) is 99.8 Å². The predicted octanol–water partition coefficient (Wildman–Crippen LogP) is 19.5. The smallest absolute Gasteiger partial charge is 0.306 e. The summed E-state index contributed by atoms with van der Waals surface area (Å²) in [4.78, 5) is 38.1. The molecule has 0 aromatic rings. The van der Waals surface area contributed by atoms with Gasteiger partial charge in [-0.3, -0.25) is 14.4 Å². The Labute approximate surface area is 426 Å². The molecule has 0 aliphatic rings. The summed E-state index contributed by atoms with van der Waals surface area (Å²) in [5.74, 6) is -0.999. The van der Waals surface area contributed by atoms with Gasteiger partial charge in [-0.25, -0.2) is 0 Å². The molecular formula is C63H108O6. The molecule has 0 aromatic carbocycles. The molecule has 1 atom stereocenters. The first-order chi connectivity index (χ1) is 34.0. The maximum absolute atomic E-state index is 12.9. The van der Waals surface area contributed by atoms with Gasteiger partial charge in [0.25, 0.3) is 0 Å². The number of rotatable bonds is 52. The minimum atomic E-state index is -0.812. The maximum atomic E-state index is 12.9. The Morgan fingerprint density at radius 3 is 0.986 bits per heavy atom. The Morgan fingerprint density at radius 2 is 0.594 bits per heavy atom. The average Bonchev–Trinajstić information content (AvgIpc) is 3.35. The fourth-order valence-electron chi connectivity index (χ4n) is 8.05. The SMILES string of the molecule is CC/C=C\C/C=C\C/C=C\C/C=C\C/C=C\C/C=C\CCC(=O)OCC(COC(=O)CCCCC/C=C\CCCCCCCC)OC(=O)CCCCCCCCCCCCCCCCCCCCC. The van der Waals surface area contributed by atoms with Gasteiger partial charge in [0.15, 0.2) is 6.10 Å². The summed E-state index contributed by atoms with van der Waals surface area (Å²) in [6.45, 7) is 6.46. The topological polar surface area (TPSA) is 78.9 Å². The Hall–Kier alpha value is -3.41. The number of carbonyl (C=O) groups is 3. The van der Waals surface area contributed by atoms with Gasteiger partial charge in [0.1, 0.15) is 13.2 Å². The van der Waals surface area contributed by atoms with Crippen LogP contribution in [0.4, 0.5) is 0 Å². The van der Waals surface area contributed by atoms with Crippen LogP contribution in [-0.2, 0) is 28.6 Å². The molecule has 0 saturated heterocycles. The summed E-state index contributed by atoms with van der Waals surface area (Å²) in [6.07, 6.45) is 74.5. The van der Waals surface area contributed by atoms with Crippen LogP contribution in [0.15, 0.2) is 85.1 Å². The first-order valence-electron chi connectivity index (χ1n) is 29.1. The average molecular weight is 962 g/mol. The lowest BCUT2D eigenvalue weighted by Crippen LogP contribution is -2.30. The van der Waals surface area contributed by atoms with Crippen LogP contribution < -0.4 is 0 Å². The zero-order chi connectivity index (χ0) is 50.0. The molecule has 0 bridgehead atoms. The summed E-state index contributed by atoms with van der Waals surface area (Å²) < 4.78 is 16.8. The van der Waals surface area contributed by atoms with Crippen LogP contribution in [0.5, 0.6) is 0 Å². The summed E-state index contributed by atoms with van der Waals surface area (Å²) in [5, 5.41) is 0. The monoisotopic (exact) mass is 961 g/mol. The summed E-state index contributed by atoms with van der Waals surface area (Å²) in [7, 11) is 0. The third-order valence-electron chi connectivity index (χ3n) is 12.4. The van der Waals surface area contributed by atoms with Gasteiger partial charge >= 0.3 is 17.9 Å². The molecule has 0 aliphatic heterocycles. The number of unbranched alkanes of at least 4 members (excludes halogenated alkanes) is 27. The van der Waals surface area contributed by atoms with Gasteiger partial charge in [-0.1, -0.05) is 260 Å². The Morgan fingerprint density at radius 1 is 0.304 bits per heavy atom. The number of carbonyl (C=O) groups excluding carboxylic acids is 3. The van der Waals surface area contributed by atoms with Gasteiger partial charge in [-0.2, -0.15) is 0 Å². The van der Waals surface area contributed by atoms with Crippen molar-refractivity contribution >= 4 is 17.9 Å². The van der Waals surface area contributed by atoms with E-state index in [1.165, 1.54) is 141 Å². The summed E-state index contributed by atoms with van der Waals surface area (Å²) in [5.41, 5.74) is 0. The number of hydrogen-bond acceptors (Lipinski definition) is 6. The van der Waals surface area contributed by atoms with Gasteiger partial charge in [0.05, 0.1) is 0 Å². The first kappa shape index (κ1) is 65.6. The van der Waals surface area contributed by atoms with Gasteiger partial charge in [-0.15, -0.1) is 0 Å². The van der Waals surface area contributed by atoms with Crippen molar-refractivity contribution in [3.8, 4) is 0 Å². The number of allylic oxidation sites excluding steroid dienone is 14. The summed E-state index contributed by atoms with van der Waals surface area (Å²) in [6, 6.07) is 0. The van der Waals surface area contributed by atoms with Crippen LogP contribution in [0.3, 0.4) is 0 Å². The number of esters is 3. The molecule has 396 valence electrons. The van der Waals surface area contributed by atoms with Gasteiger partial charge in [0, 0.05) is 19.3 Å². The molecule has 0 N–H and O–H groups in total. The molecule has 0 aliphatic carbocycles. The van der Waals surface area contributed by atoms with Crippen LogP contribution in [0, 0.1) is 0 Å². The van der Waals surface area contributed by atoms with E-state index in [1.54, 1.807) is 0 Å². The van der Waals surface area contributed by atoms with Crippen molar-refractivity contribution in [1.29, 1.82) is 0 Å². The summed E-state index contributed by atoms with van der Waals surface area (Å²) >= 11 is 0. The minimum Gasteiger partial charge on any atom is -0.462 e. The van der Waals surface area contributed by atoms with Crippen molar-refractivity contribution in [2.45, 2.75) is 284 Å². The van der Waals surface area contributed by atoms with E-state index in [1.807, 2.05) is 6.08 Å². The molecule has 0 aromatic heterocycles. The zero-order valence-corrected chi connectivity index (χ0v) is 45.3. The molecule has 0 rings (SSSR count). The molecule has 0 spiro atoms. The Balaban J connectivity index is 4.47. The second-order valence-electron chi connectivity index (χ2n) is 19.2. The molecule has 69 heavy (non-hydrogen) atoms. The minimum absolute atomic E-state index is 0.106. The van der Waals surface area contributed by atoms with E-state index in [0.29, 0.717) is 19.3 Å². The third-order valence-corrected chi connectivity index (χ3v) is 12.4. The molecule has 0 saturated carbocycles. The highest BCUT2D eigenvalue weighted by molar-refractivity contribution is 5.71. The maximum Gasteiger partial charge on any atom is 0.306 e. The van der Waals surface area contributed by atoms with E-state index in [0.717, 1.165) is 89.9 Å². The van der Waals surface area contributed by atoms with Crippen LogP contribution in [-0.4, -0.2) is 37.2 Å². The van der Waals surface area contributed by atoms with Crippen LogP contribution in [0.1, 0.15) is 278 Å². The quantitative estimate of drug-likeness (QED) is 0.0262. The van der Waals surface area contributed by atoms with Gasteiger partial charge in [-0.05, 0) is 83.5 Å². The highest BCUT2D eigenvalue weighted by Gasteiger charge is 2.19. The van der Waals surface area contributed by atoms with E-state index < -0.39 is 6.10 Å². The third kappa shape index (κ3) is 55.4. The fourth-order valence-corrected chi connectivity index (χ4v) is 8.05. The van der Waals surface area contributed by atoms with Crippen LogP contribution in [0.25, 0.3) is 0 Å². The molecule has 0 amide bonds. The molecule has 1 unspecified atom stereocenters. The van der Waals surface area contributed by atoms with E-state index in [-0.39, 0.29) is 37.5 Å². The molecule has 0 heterocycles. The van der Waals surface area contributed by atoms with Crippen molar-refractivity contribution in [2.75, 3.05) is 13.2 Å². The highest BCUT2D eigenvalue weighted by atomic mass is 16.6. The van der Waals surface area contributed by atoms with Crippen molar-refractivity contribution < 1.29 is 28.6 Å². The van der Waals surface area contributed by atoms with E-state index in [4.69, 9.17) is 14.2 Å². The Bertz CT molecular complexity index is 1330. The zero-order valence-electron chi connectivity index (χ0n) is 45.3. The lowest BCUT2D eigenvalue weighted by molar-refractivity contribution is -0.166. The van der Waals surface area contributed by atoms with Crippen molar-refractivity contribution in [3.05, 3.63) is 85.1 Å². The van der Waals surface area contributed by atoms with Crippen LogP contribution >= 0.6 is 0 Å². The van der Waals surface area contributed by atoms with Gasteiger partial charge < -0.3 is 14.2 Å². The number of hydrogen-bond donors (Lipinski definition) is 0. The predicted molar refractivity (Wildman–Crippen MR) is 297 cm³/mol. The Kier molecular flexibility index (Phi) is 54.3. The molecule has 6 heteroatoms. The van der Waals surface area contributed by atoms with E-state index in [9.17, 15) is 14.4 Å². The normalized spacial score (nSPS) is 12.7. The largest absolute Gasteiger partial charge is 0.462 e.